The molecule has 1 aromatic carbocycles. The van der Waals surface area contributed by atoms with Crippen LogP contribution in [-0.2, 0) is 11.2 Å². The van der Waals surface area contributed by atoms with Gasteiger partial charge in [-0.1, -0.05) is 29.8 Å². The Labute approximate surface area is 94.2 Å². The molecule has 0 unspecified atom stereocenters. The Kier molecular flexibility index (Phi) is 3.10. The molecule has 1 aliphatic heterocycles. The Morgan fingerprint density at radius 1 is 1.38 bits per heavy atom. The van der Waals surface area contributed by atoms with Crippen molar-refractivity contribution in [2.45, 2.75) is 25.5 Å². The SMILES string of the molecule is Cc1ccc(C[C@@H]2NC(=O)O[C@@H]2CO)cc1. The number of aliphatic hydroxyl groups is 1. The normalized spacial score (nSPS) is 24.0. The topological polar surface area (TPSA) is 58.6 Å². The van der Waals surface area contributed by atoms with E-state index < -0.39 is 12.2 Å². The molecule has 0 saturated carbocycles. The first-order chi connectivity index (χ1) is 7.69. The Morgan fingerprint density at radius 3 is 2.69 bits per heavy atom. The van der Waals surface area contributed by atoms with Crippen LogP contribution in [-0.4, -0.2) is 30.0 Å². The van der Waals surface area contributed by atoms with E-state index in [0.717, 1.165) is 5.56 Å². The quantitative estimate of drug-likeness (QED) is 0.800. The zero-order chi connectivity index (χ0) is 11.5. The second-order valence-corrected chi connectivity index (χ2v) is 4.07. The van der Waals surface area contributed by atoms with Gasteiger partial charge >= 0.3 is 6.09 Å². The van der Waals surface area contributed by atoms with Crippen LogP contribution in [0.25, 0.3) is 0 Å². The summed E-state index contributed by atoms with van der Waals surface area (Å²) in [4.78, 5) is 11.0. The van der Waals surface area contributed by atoms with Gasteiger partial charge in [-0.3, -0.25) is 0 Å². The van der Waals surface area contributed by atoms with Crippen LogP contribution >= 0.6 is 0 Å². The van der Waals surface area contributed by atoms with Crippen LogP contribution in [0.2, 0.25) is 0 Å². The van der Waals surface area contributed by atoms with Gasteiger partial charge in [-0.15, -0.1) is 0 Å². The van der Waals surface area contributed by atoms with Crippen LogP contribution in [0.4, 0.5) is 4.79 Å². The van der Waals surface area contributed by atoms with Crippen LogP contribution < -0.4 is 5.32 Å². The minimum atomic E-state index is -0.448. The Balaban J connectivity index is 2.03. The number of benzene rings is 1. The first kappa shape index (κ1) is 11.0. The monoisotopic (exact) mass is 221 g/mol. The van der Waals surface area contributed by atoms with Gasteiger partial charge in [0.05, 0.1) is 12.6 Å². The summed E-state index contributed by atoms with van der Waals surface area (Å²) in [5, 5.41) is 11.8. The number of amides is 1. The number of alkyl carbamates (subject to hydrolysis) is 1. The number of hydrogen-bond acceptors (Lipinski definition) is 3. The molecule has 1 fully saturated rings. The highest BCUT2D eigenvalue weighted by Crippen LogP contribution is 2.14. The van der Waals surface area contributed by atoms with E-state index in [1.807, 2.05) is 31.2 Å². The van der Waals surface area contributed by atoms with Crippen LogP contribution in [0, 0.1) is 6.92 Å². The van der Waals surface area contributed by atoms with Gasteiger partial charge in [-0.2, -0.15) is 0 Å². The van der Waals surface area contributed by atoms with Gasteiger partial charge in [0.15, 0.2) is 0 Å². The van der Waals surface area contributed by atoms with Gasteiger partial charge in [0.2, 0.25) is 0 Å². The number of aryl methyl sites for hydroxylation is 1. The van der Waals surface area contributed by atoms with Crippen molar-refractivity contribution in [3.63, 3.8) is 0 Å². The molecule has 1 aliphatic rings. The summed E-state index contributed by atoms with van der Waals surface area (Å²) in [7, 11) is 0. The van der Waals surface area contributed by atoms with Crippen molar-refractivity contribution in [1.29, 1.82) is 0 Å². The van der Waals surface area contributed by atoms with Crippen molar-refractivity contribution in [1.82, 2.24) is 5.32 Å². The first-order valence-corrected chi connectivity index (χ1v) is 5.32. The van der Waals surface area contributed by atoms with E-state index in [1.54, 1.807) is 0 Å². The number of cyclic esters (lactones) is 1. The van der Waals surface area contributed by atoms with Crippen molar-refractivity contribution >= 4 is 6.09 Å². The third-order valence-corrected chi connectivity index (χ3v) is 2.77. The number of rotatable bonds is 3. The maximum Gasteiger partial charge on any atom is 0.407 e. The summed E-state index contributed by atoms with van der Waals surface area (Å²) in [5.74, 6) is 0. The van der Waals surface area contributed by atoms with Gasteiger partial charge in [0, 0.05) is 0 Å². The number of hydrogen-bond donors (Lipinski definition) is 2. The van der Waals surface area contributed by atoms with Crippen LogP contribution in [0.5, 0.6) is 0 Å². The predicted molar refractivity (Wildman–Crippen MR) is 59.2 cm³/mol. The van der Waals surface area contributed by atoms with E-state index in [-0.39, 0.29) is 12.6 Å². The molecule has 16 heavy (non-hydrogen) atoms. The van der Waals surface area contributed by atoms with Crippen molar-refractivity contribution in [3.05, 3.63) is 35.4 Å². The van der Waals surface area contributed by atoms with E-state index >= 15 is 0 Å². The van der Waals surface area contributed by atoms with Gasteiger partial charge in [0.1, 0.15) is 6.10 Å². The molecule has 0 aromatic heterocycles. The molecule has 2 N–H and O–H groups in total. The molecular formula is C12H15NO3. The molecule has 2 atom stereocenters. The zero-order valence-electron chi connectivity index (χ0n) is 9.14. The smallest absolute Gasteiger partial charge is 0.407 e. The molecule has 1 amide bonds. The lowest BCUT2D eigenvalue weighted by atomic mass is 10.0. The highest BCUT2D eigenvalue weighted by atomic mass is 16.6. The van der Waals surface area contributed by atoms with Gasteiger partial charge in [-0.25, -0.2) is 4.79 Å². The Morgan fingerprint density at radius 2 is 2.06 bits per heavy atom. The fourth-order valence-corrected chi connectivity index (χ4v) is 1.82. The summed E-state index contributed by atoms with van der Waals surface area (Å²) in [6.45, 7) is 1.88. The van der Waals surface area contributed by atoms with Crippen molar-refractivity contribution in [2.24, 2.45) is 0 Å². The Bertz CT molecular complexity index is 374. The zero-order valence-corrected chi connectivity index (χ0v) is 9.14. The van der Waals surface area contributed by atoms with Crippen LogP contribution in [0.1, 0.15) is 11.1 Å². The number of carbonyl (C=O) groups is 1. The average Bonchev–Trinajstić information content (AvgIpc) is 2.62. The second-order valence-electron chi connectivity index (χ2n) is 4.07. The summed E-state index contributed by atoms with van der Waals surface area (Å²) in [6, 6.07) is 7.96. The number of carbonyl (C=O) groups excluding carboxylic acids is 1. The van der Waals surface area contributed by atoms with E-state index in [4.69, 9.17) is 9.84 Å². The first-order valence-electron chi connectivity index (χ1n) is 5.32. The minimum absolute atomic E-state index is 0.139. The molecule has 0 bridgehead atoms. The third kappa shape index (κ3) is 2.33. The maximum absolute atomic E-state index is 11.0. The highest BCUT2D eigenvalue weighted by molar-refractivity contribution is 5.70. The van der Waals surface area contributed by atoms with E-state index in [1.165, 1.54) is 5.56 Å². The molecule has 86 valence electrons. The van der Waals surface area contributed by atoms with Gasteiger partial charge < -0.3 is 15.2 Å². The summed E-state index contributed by atoms with van der Waals surface area (Å²) >= 11 is 0. The van der Waals surface area contributed by atoms with Crippen LogP contribution in [0.3, 0.4) is 0 Å². The second kappa shape index (κ2) is 4.53. The number of ether oxygens (including phenoxy) is 1. The van der Waals surface area contributed by atoms with E-state index in [0.29, 0.717) is 6.42 Å². The summed E-state index contributed by atoms with van der Waals surface area (Å²) in [5.41, 5.74) is 2.33. The number of aliphatic hydroxyl groups excluding tert-OH is 1. The lowest BCUT2D eigenvalue weighted by Crippen LogP contribution is -2.35. The molecule has 4 heteroatoms. The molecule has 0 spiro atoms. The van der Waals surface area contributed by atoms with Gasteiger partial charge in [-0.05, 0) is 18.9 Å². The molecule has 1 aromatic rings. The number of nitrogens with one attached hydrogen (secondary N) is 1. The fourth-order valence-electron chi connectivity index (χ4n) is 1.82. The standard InChI is InChI=1S/C12H15NO3/c1-8-2-4-9(5-3-8)6-10-11(7-14)16-12(15)13-10/h2-5,10-11,14H,6-7H2,1H3,(H,13,15)/t10-,11+/m0/s1. The van der Waals surface area contributed by atoms with E-state index in [2.05, 4.69) is 5.32 Å². The minimum Gasteiger partial charge on any atom is -0.442 e. The average molecular weight is 221 g/mol. The van der Waals surface area contributed by atoms with Crippen molar-refractivity contribution in [3.8, 4) is 0 Å². The molecule has 1 saturated heterocycles. The molecule has 2 rings (SSSR count). The fraction of sp³-hybridized carbons (Fsp3) is 0.417. The van der Waals surface area contributed by atoms with Crippen LogP contribution in [0.15, 0.2) is 24.3 Å². The van der Waals surface area contributed by atoms with Crippen molar-refractivity contribution in [2.75, 3.05) is 6.61 Å². The summed E-state index contributed by atoms with van der Waals surface area (Å²) in [6.07, 6.45) is -0.206. The predicted octanol–water partition coefficient (Wildman–Crippen LogP) is 1.01. The molecule has 0 aliphatic carbocycles. The van der Waals surface area contributed by atoms with Gasteiger partial charge in [0.25, 0.3) is 0 Å². The Hall–Kier alpha value is -1.55. The lowest BCUT2D eigenvalue weighted by Gasteiger charge is -2.14. The third-order valence-electron chi connectivity index (χ3n) is 2.77. The lowest BCUT2D eigenvalue weighted by molar-refractivity contribution is 0.0829. The molecule has 1 heterocycles. The summed E-state index contributed by atoms with van der Waals surface area (Å²) < 4.78 is 4.92. The molecule has 4 nitrogen and oxygen atoms in total. The molecule has 0 radical (unpaired) electrons. The largest absolute Gasteiger partial charge is 0.442 e. The van der Waals surface area contributed by atoms with Crippen molar-refractivity contribution < 1.29 is 14.6 Å². The molecular weight excluding hydrogens is 206 g/mol. The maximum atomic E-state index is 11.0. The van der Waals surface area contributed by atoms with E-state index in [9.17, 15) is 4.79 Å². The highest BCUT2D eigenvalue weighted by Gasteiger charge is 2.33.